The van der Waals surface area contributed by atoms with E-state index in [0.717, 1.165) is 5.70 Å². The Morgan fingerprint density at radius 2 is 2.44 bits per heavy atom. The fraction of sp³-hybridized carbons (Fsp3) is 0.400. The van der Waals surface area contributed by atoms with Crippen LogP contribution in [0.4, 0.5) is 0 Å². The van der Waals surface area contributed by atoms with Crippen LogP contribution in [-0.2, 0) is 9.53 Å². The van der Waals surface area contributed by atoms with Gasteiger partial charge in [0.25, 0.3) is 0 Å². The minimum atomic E-state index is -0.394. The number of carbonyl (C=O) groups excluding carboxylic acids is 1. The number of hydrogen-bond donors (Lipinski definition) is 0. The number of hydrogen-bond acceptors (Lipinski definition) is 3. The monoisotopic (exact) mass is 145 g/mol. The largest absolute Gasteiger partial charge is 0.431 e. The molecular weight excluding hydrogens is 142 g/mol. The van der Waals surface area contributed by atoms with E-state index >= 15 is 0 Å². The molecule has 1 unspecified atom stereocenters. The number of esters is 1. The van der Waals surface area contributed by atoms with E-state index in [9.17, 15) is 4.79 Å². The Morgan fingerprint density at radius 1 is 1.78 bits per heavy atom. The molecule has 48 valence electrons. The Kier molecular flexibility index (Phi) is 0.703. The molecule has 1 atom stereocenters. The van der Waals surface area contributed by atoms with Crippen molar-refractivity contribution >= 4 is 17.6 Å². The van der Waals surface area contributed by atoms with Gasteiger partial charge >= 0.3 is 5.97 Å². The topological polar surface area (TPSA) is 29.3 Å². The highest BCUT2D eigenvalue weighted by Gasteiger charge is 2.51. The van der Waals surface area contributed by atoms with Gasteiger partial charge in [0, 0.05) is 7.05 Å². The van der Waals surface area contributed by atoms with Gasteiger partial charge in [0.1, 0.15) is 5.70 Å². The van der Waals surface area contributed by atoms with Gasteiger partial charge in [-0.2, -0.15) is 0 Å². The summed E-state index contributed by atoms with van der Waals surface area (Å²) in [5.41, 5.74) is 0.821. The van der Waals surface area contributed by atoms with Crippen molar-refractivity contribution in [1.82, 2.24) is 4.90 Å². The van der Waals surface area contributed by atoms with Crippen LogP contribution in [0, 0.1) is 0 Å². The van der Waals surface area contributed by atoms with Gasteiger partial charge in [0.15, 0.2) is 5.03 Å². The molecule has 0 amide bonds. The van der Waals surface area contributed by atoms with E-state index in [1.54, 1.807) is 0 Å². The highest BCUT2D eigenvalue weighted by Crippen LogP contribution is 2.42. The minimum absolute atomic E-state index is 0.134. The number of fused-ring (bicyclic) bond motifs is 1. The molecular formula is C5H4ClNO2. The van der Waals surface area contributed by atoms with Crippen molar-refractivity contribution < 1.29 is 9.53 Å². The van der Waals surface area contributed by atoms with Crippen LogP contribution in [0.3, 0.4) is 0 Å². The molecule has 1 saturated heterocycles. The minimum Gasteiger partial charge on any atom is -0.431 e. The van der Waals surface area contributed by atoms with Crippen molar-refractivity contribution in [2.45, 2.75) is 6.23 Å². The molecule has 1 fully saturated rings. The van der Waals surface area contributed by atoms with Gasteiger partial charge in [-0.05, 0) is 0 Å². The highest BCUT2D eigenvalue weighted by molar-refractivity contribution is 6.42. The fourth-order valence-electron chi connectivity index (χ4n) is 0.920. The van der Waals surface area contributed by atoms with Crippen LogP contribution < -0.4 is 0 Å². The van der Waals surface area contributed by atoms with Gasteiger partial charge in [-0.15, -0.1) is 0 Å². The molecule has 0 N–H and O–H groups in total. The molecule has 2 heterocycles. The van der Waals surface area contributed by atoms with E-state index in [0.29, 0.717) is 0 Å². The zero-order valence-electron chi connectivity index (χ0n) is 4.72. The third kappa shape index (κ3) is 0.452. The quantitative estimate of drug-likeness (QED) is 0.362. The van der Waals surface area contributed by atoms with Crippen LogP contribution in [0.25, 0.3) is 0 Å². The van der Waals surface area contributed by atoms with Gasteiger partial charge in [-0.1, -0.05) is 11.6 Å². The maximum atomic E-state index is 10.5. The Labute approximate surface area is 56.8 Å². The second-order valence-electron chi connectivity index (χ2n) is 2.07. The lowest BCUT2D eigenvalue weighted by Crippen LogP contribution is -2.07. The van der Waals surface area contributed by atoms with Crippen LogP contribution in [0.5, 0.6) is 0 Å². The number of halogens is 1. The van der Waals surface area contributed by atoms with Crippen molar-refractivity contribution in [3.05, 3.63) is 10.7 Å². The zero-order chi connectivity index (χ0) is 6.59. The molecule has 0 spiro atoms. The summed E-state index contributed by atoms with van der Waals surface area (Å²) >= 11 is 5.51. The molecule has 9 heavy (non-hydrogen) atoms. The summed E-state index contributed by atoms with van der Waals surface area (Å²) in [4.78, 5) is 12.3. The first-order valence-corrected chi connectivity index (χ1v) is 2.93. The molecule has 0 bridgehead atoms. The van der Waals surface area contributed by atoms with E-state index < -0.39 is 5.97 Å². The number of carbonyl (C=O) groups is 1. The molecule has 3 nitrogen and oxygen atoms in total. The molecule has 2 aliphatic heterocycles. The molecule has 0 aliphatic carbocycles. The Balaban J connectivity index is 2.40. The standard InChI is InChI=1S/C5H4ClNO2/c1-7-3-2(6)5(8)9-4(3)7/h4H,1H3. The van der Waals surface area contributed by atoms with Crippen molar-refractivity contribution in [3.63, 3.8) is 0 Å². The Morgan fingerprint density at radius 3 is 2.78 bits per heavy atom. The third-order valence-electron chi connectivity index (χ3n) is 1.52. The summed E-state index contributed by atoms with van der Waals surface area (Å²) in [6.45, 7) is 0. The molecule has 0 aromatic heterocycles. The second kappa shape index (κ2) is 1.24. The van der Waals surface area contributed by atoms with Crippen molar-refractivity contribution in [2.75, 3.05) is 7.05 Å². The van der Waals surface area contributed by atoms with Crippen LogP contribution in [0.1, 0.15) is 0 Å². The van der Waals surface area contributed by atoms with Crippen LogP contribution in [0.2, 0.25) is 0 Å². The first kappa shape index (κ1) is 5.11. The second-order valence-corrected chi connectivity index (χ2v) is 2.45. The van der Waals surface area contributed by atoms with Gasteiger partial charge in [-0.25, -0.2) is 4.79 Å². The molecule has 2 rings (SSSR count). The average Bonchev–Trinajstić information content (AvgIpc) is 2.29. The molecule has 4 heteroatoms. The molecule has 0 aromatic rings. The first-order valence-electron chi connectivity index (χ1n) is 2.55. The summed E-state index contributed by atoms with van der Waals surface area (Å²) in [5.74, 6) is -0.394. The van der Waals surface area contributed by atoms with E-state index in [1.807, 2.05) is 11.9 Å². The predicted molar refractivity (Wildman–Crippen MR) is 30.5 cm³/mol. The van der Waals surface area contributed by atoms with Gasteiger partial charge in [0.2, 0.25) is 6.23 Å². The smallest absolute Gasteiger partial charge is 0.354 e. The normalized spacial score (nSPS) is 30.7. The van der Waals surface area contributed by atoms with Crippen molar-refractivity contribution in [3.8, 4) is 0 Å². The number of nitrogens with zero attached hydrogens (tertiary/aromatic N) is 1. The van der Waals surface area contributed by atoms with Gasteiger partial charge in [-0.3, -0.25) is 0 Å². The number of rotatable bonds is 0. The lowest BCUT2D eigenvalue weighted by molar-refractivity contribution is -0.139. The lowest BCUT2D eigenvalue weighted by Gasteiger charge is -1.97. The van der Waals surface area contributed by atoms with Crippen molar-refractivity contribution in [1.29, 1.82) is 0 Å². The Hall–Kier alpha value is -0.700. The van der Waals surface area contributed by atoms with Crippen molar-refractivity contribution in [2.24, 2.45) is 0 Å². The summed E-state index contributed by atoms with van der Waals surface area (Å²) in [6, 6.07) is 0. The van der Waals surface area contributed by atoms with Crippen LogP contribution in [-0.4, -0.2) is 24.1 Å². The van der Waals surface area contributed by atoms with Crippen LogP contribution >= 0.6 is 11.6 Å². The first-order chi connectivity index (χ1) is 4.22. The predicted octanol–water partition coefficient (Wildman–Crippen LogP) is 0.265. The van der Waals surface area contributed by atoms with Gasteiger partial charge in [0.05, 0.1) is 0 Å². The van der Waals surface area contributed by atoms with E-state index in [1.165, 1.54) is 0 Å². The summed E-state index contributed by atoms with van der Waals surface area (Å²) in [6.07, 6.45) is -0.134. The summed E-state index contributed by atoms with van der Waals surface area (Å²) in [7, 11) is 1.83. The summed E-state index contributed by atoms with van der Waals surface area (Å²) in [5, 5.41) is 0.238. The number of ether oxygens (including phenoxy) is 1. The molecule has 0 saturated carbocycles. The van der Waals surface area contributed by atoms with Crippen LogP contribution in [0.15, 0.2) is 10.7 Å². The number of likely N-dealkylation sites (N-methyl/N-ethyl adjacent to an activating group) is 1. The average molecular weight is 146 g/mol. The highest BCUT2D eigenvalue weighted by atomic mass is 35.5. The third-order valence-corrected chi connectivity index (χ3v) is 1.87. The summed E-state index contributed by atoms with van der Waals surface area (Å²) < 4.78 is 4.74. The maximum Gasteiger partial charge on any atom is 0.354 e. The van der Waals surface area contributed by atoms with E-state index in [-0.39, 0.29) is 11.3 Å². The Bertz CT molecular complexity index is 223. The molecule has 2 aliphatic rings. The maximum absolute atomic E-state index is 10.5. The lowest BCUT2D eigenvalue weighted by atomic mass is 10.5. The molecule has 0 aromatic carbocycles. The molecule has 0 radical (unpaired) electrons. The zero-order valence-corrected chi connectivity index (χ0v) is 5.47. The van der Waals surface area contributed by atoms with E-state index in [4.69, 9.17) is 16.3 Å². The fourth-order valence-corrected chi connectivity index (χ4v) is 1.19. The van der Waals surface area contributed by atoms with E-state index in [2.05, 4.69) is 0 Å². The van der Waals surface area contributed by atoms with Gasteiger partial charge < -0.3 is 9.64 Å². The SMILES string of the molecule is CN1C2=C(Cl)C(=O)OC21.